The van der Waals surface area contributed by atoms with Crippen LogP contribution in [0.25, 0.3) is 0 Å². The Morgan fingerprint density at radius 2 is 1.81 bits per heavy atom. The molecule has 1 rings (SSSR count). The summed E-state index contributed by atoms with van der Waals surface area (Å²) in [5.41, 5.74) is -4.84. The van der Waals surface area contributed by atoms with Crippen LogP contribution in [0.5, 0.6) is 5.75 Å². The molecule has 6 nitrogen and oxygen atoms in total. The molecule has 0 bridgehead atoms. The lowest BCUT2D eigenvalue weighted by Crippen LogP contribution is -2.34. The molecule has 0 aliphatic rings. The molecule has 0 aromatic heterocycles. The molecule has 0 aliphatic heterocycles. The lowest BCUT2D eigenvalue weighted by atomic mass is 10.1. The molecule has 10 heteroatoms. The van der Waals surface area contributed by atoms with Crippen molar-refractivity contribution in [2.75, 3.05) is 6.61 Å². The van der Waals surface area contributed by atoms with Crippen LogP contribution in [0, 0.1) is 0 Å². The van der Waals surface area contributed by atoms with Gasteiger partial charge in [0.1, 0.15) is 5.75 Å². The third kappa shape index (κ3) is 7.20. The second kappa shape index (κ2) is 9.77. The number of unbranched alkanes of at least 4 members (excludes halogenated alkanes) is 1. The second-order valence-electron chi connectivity index (χ2n) is 5.56. The fourth-order valence-corrected chi connectivity index (χ4v) is 2.59. The Hall–Kier alpha value is -1.81. The number of hydrogen-bond acceptors (Lipinski definition) is 5. The molecule has 0 fully saturated rings. The summed E-state index contributed by atoms with van der Waals surface area (Å²) in [5.74, 6) is -1.08. The van der Waals surface area contributed by atoms with Crippen LogP contribution < -0.4 is 4.74 Å². The van der Waals surface area contributed by atoms with E-state index < -0.39 is 27.7 Å². The fourth-order valence-electron chi connectivity index (χ4n) is 2.00. The van der Waals surface area contributed by atoms with Gasteiger partial charge in [-0.3, -0.25) is 0 Å². The molecule has 1 aromatic rings. The minimum atomic E-state index is -5.95. The molecule has 0 aliphatic carbocycles. The molecule has 26 heavy (non-hydrogen) atoms. The van der Waals surface area contributed by atoms with Crippen molar-refractivity contribution in [3.8, 4) is 5.75 Å². The van der Waals surface area contributed by atoms with Crippen molar-refractivity contribution < 1.29 is 40.4 Å². The highest BCUT2D eigenvalue weighted by Gasteiger charge is 2.49. The summed E-state index contributed by atoms with van der Waals surface area (Å²) in [7, 11) is -5.95. The normalized spacial score (nSPS) is 13.4. The number of ether oxygens (including phenoxy) is 1. The Kier molecular flexibility index (Phi) is 8.35. The molecule has 0 spiro atoms. The van der Waals surface area contributed by atoms with Crippen LogP contribution in [-0.4, -0.2) is 37.7 Å². The van der Waals surface area contributed by atoms with Crippen molar-refractivity contribution >= 4 is 16.1 Å². The quantitative estimate of drug-likeness (QED) is 0.349. The number of benzene rings is 1. The van der Waals surface area contributed by atoms with Gasteiger partial charge in [-0.2, -0.15) is 21.6 Å². The van der Waals surface area contributed by atoms with Gasteiger partial charge in [0.05, 0.1) is 6.61 Å². The number of aryl methyl sites for hydroxylation is 1. The Morgan fingerprint density at radius 3 is 2.31 bits per heavy atom. The SMILES string of the molecule is CCCCOc1ccc(CCC[C@@H](OS(=O)(=O)C(F)(F)F)C(=O)O)cc1. The van der Waals surface area contributed by atoms with Crippen LogP contribution in [-0.2, 0) is 25.5 Å². The molecule has 0 amide bonds. The van der Waals surface area contributed by atoms with Gasteiger partial charge in [0, 0.05) is 0 Å². The van der Waals surface area contributed by atoms with E-state index in [1.165, 1.54) is 0 Å². The van der Waals surface area contributed by atoms with Gasteiger partial charge in [-0.1, -0.05) is 25.5 Å². The van der Waals surface area contributed by atoms with E-state index in [4.69, 9.17) is 9.84 Å². The first kappa shape index (κ1) is 22.2. The Morgan fingerprint density at radius 1 is 1.19 bits per heavy atom. The molecular weight excluding hydrogens is 377 g/mol. The minimum Gasteiger partial charge on any atom is -0.494 e. The molecule has 148 valence electrons. The number of alkyl halides is 3. The van der Waals surface area contributed by atoms with Crippen LogP contribution >= 0.6 is 0 Å². The van der Waals surface area contributed by atoms with Gasteiger partial charge < -0.3 is 9.84 Å². The lowest BCUT2D eigenvalue weighted by molar-refractivity contribution is -0.146. The summed E-state index contributed by atoms with van der Waals surface area (Å²) >= 11 is 0. The zero-order valence-corrected chi connectivity index (χ0v) is 15.0. The molecular formula is C16H21F3O6S. The smallest absolute Gasteiger partial charge is 0.494 e. The molecule has 1 N–H and O–H groups in total. The molecule has 0 unspecified atom stereocenters. The maximum Gasteiger partial charge on any atom is 0.523 e. The highest BCUT2D eigenvalue weighted by atomic mass is 32.2. The second-order valence-corrected chi connectivity index (χ2v) is 7.12. The first-order chi connectivity index (χ1) is 12.1. The summed E-state index contributed by atoms with van der Waals surface area (Å²) < 4.78 is 68.0. The van der Waals surface area contributed by atoms with E-state index in [0.717, 1.165) is 18.4 Å². The molecule has 0 saturated carbocycles. The Labute approximate surface area is 150 Å². The van der Waals surface area contributed by atoms with Gasteiger partial charge in [0.25, 0.3) is 0 Å². The van der Waals surface area contributed by atoms with Crippen LogP contribution in [0.3, 0.4) is 0 Å². The summed E-state index contributed by atoms with van der Waals surface area (Å²) in [6.45, 7) is 2.64. The fraction of sp³-hybridized carbons (Fsp3) is 0.562. The van der Waals surface area contributed by atoms with Gasteiger partial charge in [-0.25, -0.2) is 8.98 Å². The van der Waals surface area contributed by atoms with E-state index in [1.54, 1.807) is 24.3 Å². The third-order valence-electron chi connectivity index (χ3n) is 3.42. The van der Waals surface area contributed by atoms with Crippen molar-refractivity contribution in [1.29, 1.82) is 0 Å². The van der Waals surface area contributed by atoms with Gasteiger partial charge in [-0.15, -0.1) is 0 Å². The van der Waals surface area contributed by atoms with E-state index in [-0.39, 0.29) is 12.8 Å². The van der Waals surface area contributed by atoms with Crippen molar-refractivity contribution in [3.05, 3.63) is 29.8 Å². The maximum atomic E-state index is 12.3. The van der Waals surface area contributed by atoms with E-state index in [1.807, 2.05) is 6.92 Å². The molecule has 0 heterocycles. The number of carbonyl (C=O) groups is 1. The van der Waals surface area contributed by atoms with Crippen LogP contribution in [0.15, 0.2) is 24.3 Å². The Balaban J connectivity index is 2.54. The van der Waals surface area contributed by atoms with E-state index >= 15 is 0 Å². The average Bonchev–Trinajstić information content (AvgIpc) is 2.54. The maximum absolute atomic E-state index is 12.3. The molecule has 0 radical (unpaired) electrons. The monoisotopic (exact) mass is 398 g/mol. The summed E-state index contributed by atoms with van der Waals surface area (Å²) in [5, 5.41) is 8.87. The van der Waals surface area contributed by atoms with Gasteiger partial charge in [0.15, 0.2) is 6.10 Å². The third-order valence-corrected chi connectivity index (χ3v) is 4.48. The standard InChI is InChI=1S/C16H21F3O6S/c1-2-3-11-24-13-9-7-12(8-10-13)5-4-6-14(15(20)21)25-26(22,23)16(17,18)19/h7-10,14H,2-6,11H2,1H3,(H,20,21)/t14-/m1/s1. The predicted molar refractivity (Wildman–Crippen MR) is 87.3 cm³/mol. The minimum absolute atomic E-state index is 0.139. The van der Waals surface area contributed by atoms with Gasteiger partial charge >= 0.3 is 21.6 Å². The van der Waals surface area contributed by atoms with Crippen LogP contribution in [0.2, 0.25) is 0 Å². The van der Waals surface area contributed by atoms with Crippen LogP contribution in [0.1, 0.15) is 38.2 Å². The lowest BCUT2D eigenvalue weighted by Gasteiger charge is -2.15. The number of hydrogen-bond donors (Lipinski definition) is 1. The first-order valence-electron chi connectivity index (χ1n) is 8.01. The first-order valence-corrected chi connectivity index (χ1v) is 9.41. The highest BCUT2D eigenvalue weighted by molar-refractivity contribution is 7.87. The molecule has 1 aromatic carbocycles. The van der Waals surface area contributed by atoms with E-state index in [2.05, 4.69) is 4.18 Å². The van der Waals surface area contributed by atoms with Crippen molar-refractivity contribution in [1.82, 2.24) is 0 Å². The van der Waals surface area contributed by atoms with Crippen LogP contribution in [0.4, 0.5) is 13.2 Å². The molecule has 1 atom stereocenters. The number of halogens is 3. The number of aliphatic carboxylic acids is 1. The zero-order chi connectivity index (χ0) is 19.8. The summed E-state index contributed by atoms with van der Waals surface area (Å²) in [4.78, 5) is 10.9. The van der Waals surface area contributed by atoms with Crippen molar-refractivity contribution in [2.45, 2.75) is 50.6 Å². The number of rotatable bonds is 11. The predicted octanol–water partition coefficient (Wildman–Crippen LogP) is 3.51. The van der Waals surface area contributed by atoms with Gasteiger partial charge in [-0.05, 0) is 43.4 Å². The van der Waals surface area contributed by atoms with Gasteiger partial charge in [0.2, 0.25) is 0 Å². The topological polar surface area (TPSA) is 89.9 Å². The zero-order valence-electron chi connectivity index (χ0n) is 14.2. The average molecular weight is 398 g/mol. The number of carboxylic acid groups (broad SMARTS) is 1. The molecule has 0 saturated heterocycles. The summed E-state index contributed by atoms with van der Waals surface area (Å²) in [6.07, 6.45) is -0.0271. The Bertz CT molecular complexity index is 670. The van der Waals surface area contributed by atoms with E-state index in [0.29, 0.717) is 18.8 Å². The van der Waals surface area contributed by atoms with E-state index in [9.17, 15) is 26.4 Å². The van der Waals surface area contributed by atoms with Crippen molar-refractivity contribution in [3.63, 3.8) is 0 Å². The summed E-state index contributed by atoms with van der Waals surface area (Å²) in [6, 6.07) is 6.99. The highest BCUT2D eigenvalue weighted by Crippen LogP contribution is 2.27. The number of carboxylic acids is 1. The largest absolute Gasteiger partial charge is 0.523 e. The van der Waals surface area contributed by atoms with Crippen molar-refractivity contribution in [2.24, 2.45) is 0 Å².